The lowest BCUT2D eigenvalue weighted by molar-refractivity contribution is -0.385. The van der Waals surface area contributed by atoms with E-state index in [1.54, 1.807) is 18.2 Å². The van der Waals surface area contributed by atoms with Crippen molar-refractivity contribution in [3.63, 3.8) is 0 Å². The van der Waals surface area contributed by atoms with Crippen molar-refractivity contribution >= 4 is 23.1 Å². The van der Waals surface area contributed by atoms with Crippen LogP contribution in [0.3, 0.4) is 0 Å². The maximum Gasteiger partial charge on any atom is 0.280 e. The maximum atomic E-state index is 11.5. The highest BCUT2D eigenvalue weighted by molar-refractivity contribution is 6.30. The van der Waals surface area contributed by atoms with Crippen LogP contribution in [0.1, 0.15) is 22.8 Å². The summed E-state index contributed by atoms with van der Waals surface area (Å²) in [5, 5.41) is 11.5. The van der Waals surface area contributed by atoms with Crippen molar-refractivity contribution < 1.29 is 14.5 Å². The van der Waals surface area contributed by atoms with Crippen LogP contribution < -0.4 is 4.74 Å². The molecule has 6 heteroatoms. The number of carbonyl (C=O) groups is 1. The Kier molecular flexibility index (Phi) is 4.23. The monoisotopic (exact) mass is 305 g/mol. The summed E-state index contributed by atoms with van der Waals surface area (Å²) in [6.07, 6.45) is 0. The molecule has 21 heavy (non-hydrogen) atoms. The predicted octanol–water partition coefficient (Wildman–Crippen LogP) is 4.55. The molecule has 0 N–H and O–H groups in total. The molecular formula is C15H12ClNO4. The summed E-state index contributed by atoms with van der Waals surface area (Å²) in [6, 6.07) is 9.21. The fraction of sp³-hybridized carbons (Fsp3) is 0.133. The Morgan fingerprint density at radius 1 is 1.24 bits per heavy atom. The molecule has 0 aromatic heterocycles. The number of ether oxygens (including phenoxy) is 1. The van der Waals surface area contributed by atoms with E-state index in [1.807, 2.05) is 6.92 Å². The zero-order valence-corrected chi connectivity index (χ0v) is 12.2. The van der Waals surface area contributed by atoms with Crippen LogP contribution in [-0.2, 0) is 0 Å². The van der Waals surface area contributed by atoms with Gasteiger partial charge in [-0.25, -0.2) is 0 Å². The van der Waals surface area contributed by atoms with E-state index in [0.29, 0.717) is 16.5 Å². The van der Waals surface area contributed by atoms with Crippen LogP contribution >= 0.6 is 11.6 Å². The lowest BCUT2D eigenvalue weighted by Gasteiger charge is -2.10. The molecule has 0 atom stereocenters. The van der Waals surface area contributed by atoms with Crippen LogP contribution in [0.2, 0.25) is 5.02 Å². The summed E-state index contributed by atoms with van der Waals surface area (Å²) in [7, 11) is 0. The SMILES string of the molecule is CC(=O)c1cc(Oc2ccc(Cl)cc2C)ccc1[N+](=O)[O-]. The van der Waals surface area contributed by atoms with E-state index in [0.717, 1.165) is 5.56 Å². The summed E-state index contributed by atoms with van der Waals surface area (Å²) in [6.45, 7) is 3.11. The Bertz CT molecular complexity index is 728. The molecule has 2 aromatic rings. The van der Waals surface area contributed by atoms with Gasteiger partial charge in [0, 0.05) is 11.1 Å². The topological polar surface area (TPSA) is 69.4 Å². The van der Waals surface area contributed by atoms with E-state index in [1.165, 1.54) is 25.1 Å². The van der Waals surface area contributed by atoms with Crippen molar-refractivity contribution in [1.29, 1.82) is 0 Å². The summed E-state index contributed by atoms with van der Waals surface area (Å²) in [4.78, 5) is 21.8. The highest BCUT2D eigenvalue weighted by Crippen LogP contribution is 2.30. The Balaban J connectivity index is 2.39. The van der Waals surface area contributed by atoms with Gasteiger partial charge in [-0.15, -0.1) is 0 Å². The minimum Gasteiger partial charge on any atom is -0.457 e. The number of hydrogen-bond donors (Lipinski definition) is 0. The van der Waals surface area contributed by atoms with Gasteiger partial charge >= 0.3 is 0 Å². The Labute approximate surface area is 126 Å². The second-order valence-corrected chi connectivity index (χ2v) is 4.94. The van der Waals surface area contributed by atoms with Crippen LogP contribution in [-0.4, -0.2) is 10.7 Å². The zero-order valence-electron chi connectivity index (χ0n) is 11.4. The van der Waals surface area contributed by atoms with Crippen LogP contribution in [0.15, 0.2) is 36.4 Å². The summed E-state index contributed by atoms with van der Waals surface area (Å²) in [5.41, 5.74) is 0.608. The van der Waals surface area contributed by atoms with Gasteiger partial charge in [-0.2, -0.15) is 0 Å². The molecule has 0 aliphatic heterocycles. The number of halogens is 1. The van der Waals surface area contributed by atoms with E-state index in [-0.39, 0.29) is 17.0 Å². The number of carbonyl (C=O) groups excluding carboxylic acids is 1. The first-order chi connectivity index (χ1) is 9.88. The number of benzene rings is 2. The van der Waals surface area contributed by atoms with Gasteiger partial charge in [0.25, 0.3) is 5.69 Å². The largest absolute Gasteiger partial charge is 0.457 e. The van der Waals surface area contributed by atoms with Gasteiger partial charge in [0.2, 0.25) is 0 Å². The number of hydrogen-bond acceptors (Lipinski definition) is 4. The molecule has 5 nitrogen and oxygen atoms in total. The molecule has 0 aliphatic rings. The molecule has 2 aromatic carbocycles. The first kappa shape index (κ1) is 15.0. The molecule has 0 fully saturated rings. The second kappa shape index (κ2) is 5.93. The summed E-state index contributed by atoms with van der Waals surface area (Å²) < 4.78 is 5.66. The van der Waals surface area contributed by atoms with Gasteiger partial charge in [-0.3, -0.25) is 14.9 Å². The van der Waals surface area contributed by atoms with Crippen molar-refractivity contribution in [2.24, 2.45) is 0 Å². The van der Waals surface area contributed by atoms with Crippen LogP contribution in [0.5, 0.6) is 11.5 Å². The Hall–Kier alpha value is -2.40. The van der Waals surface area contributed by atoms with Crippen molar-refractivity contribution in [3.8, 4) is 11.5 Å². The smallest absolute Gasteiger partial charge is 0.280 e. The predicted molar refractivity (Wildman–Crippen MR) is 79.4 cm³/mol. The first-order valence-corrected chi connectivity index (χ1v) is 6.49. The minimum atomic E-state index is -0.589. The van der Waals surface area contributed by atoms with Gasteiger partial charge in [-0.1, -0.05) is 11.6 Å². The van der Waals surface area contributed by atoms with E-state index in [4.69, 9.17) is 16.3 Å². The first-order valence-electron chi connectivity index (χ1n) is 6.12. The van der Waals surface area contributed by atoms with Crippen LogP contribution in [0.4, 0.5) is 5.69 Å². The lowest BCUT2D eigenvalue weighted by atomic mass is 10.1. The van der Waals surface area contributed by atoms with Crippen molar-refractivity contribution in [2.75, 3.05) is 0 Å². The molecule has 0 bridgehead atoms. The van der Waals surface area contributed by atoms with Crippen molar-refractivity contribution in [3.05, 3.63) is 62.7 Å². The number of aryl methyl sites for hydroxylation is 1. The number of nitro benzene ring substituents is 1. The second-order valence-electron chi connectivity index (χ2n) is 4.50. The number of nitro groups is 1. The highest BCUT2D eigenvalue weighted by atomic mass is 35.5. The van der Waals surface area contributed by atoms with Gasteiger partial charge in [0.1, 0.15) is 11.5 Å². The molecule has 0 saturated carbocycles. The van der Waals surface area contributed by atoms with Crippen molar-refractivity contribution in [2.45, 2.75) is 13.8 Å². The van der Waals surface area contributed by atoms with Gasteiger partial charge in [0.15, 0.2) is 5.78 Å². The molecule has 0 radical (unpaired) electrons. The molecule has 108 valence electrons. The van der Waals surface area contributed by atoms with E-state index in [9.17, 15) is 14.9 Å². The van der Waals surface area contributed by atoms with Crippen molar-refractivity contribution in [1.82, 2.24) is 0 Å². The third kappa shape index (κ3) is 3.38. The van der Waals surface area contributed by atoms with Gasteiger partial charge < -0.3 is 4.74 Å². The zero-order chi connectivity index (χ0) is 15.6. The maximum absolute atomic E-state index is 11.5. The van der Waals surface area contributed by atoms with Gasteiger partial charge in [-0.05, 0) is 49.7 Å². The number of Topliss-reactive ketones (excluding diaryl/α,β-unsaturated/α-hetero) is 1. The molecule has 0 heterocycles. The van der Waals surface area contributed by atoms with E-state index in [2.05, 4.69) is 0 Å². The molecule has 0 spiro atoms. The third-order valence-corrected chi connectivity index (χ3v) is 3.14. The van der Waals surface area contributed by atoms with Crippen LogP contribution in [0, 0.1) is 17.0 Å². The average molecular weight is 306 g/mol. The van der Waals surface area contributed by atoms with Gasteiger partial charge in [0.05, 0.1) is 10.5 Å². The Morgan fingerprint density at radius 3 is 2.52 bits per heavy atom. The minimum absolute atomic E-state index is 0.0177. The fourth-order valence-corrected chi connectivity index (χ4v) is 2.10. The van der Waals surface area contributed by atoms with E-state index < -0.39 is 4.92 Å². The lowest BCUT2D eigenvalue weighted by Crippen LogP contribution is -2.00. The highest BCUT2D eigenvalue weighted by Gasteiger charge is 2.18. The molecule has 0 saturated heterocycles. The Morgan fingerprint density at radius 2 is 1.95 bits per heavy atom. The van der Waals surface area contributed by atoms with E-state index >= 15 is 0 Å². The molecular weight excluding hydrogens is 294 g/mol. The average Bonchev–Trinajstić information content (AvgIpc) is 2.41. The third-order valence-electron chi connectivity index (χ3n) is 2.91. The number of nitrogens with zero attached hydrogens (tertiary/aromatic N) is 1. The molecule has 0 amide bonds. The number of rotatable bonds is 4. The fourth-order valence-electron chi connectivity index (χ4n) is 1.87. The normalized spacial score (nSPS) is 10.2. The quantitative estimate of drug-likeness (QED) is 0.472. The number of ketones is 1. The summed E-state index contributed by atoms with van der Waals surface area (Å²) >= 11 is 5.87. The standard InChI is InChI=1S/C15H12ClNO4/c1-9-7-11(16)3-6-15(9)21-12-4-5-14(17(19)20)13(8-12)10(2)18/h3-8H,1-2H3. The van der Waals surface area contributed by atoms with Crippen LogP contribution in [0.25, 0.3) is 0 Å². The molecule has 0 unspecified atom stereocenters. The molecule has 0 aliphatic carbocycles. The summed E-state index contributed by atoms with van der Waals surface area (Å²) in [5.74, 6) is 0.541. The molecule has 2 rings (SSSR count).